The molecule has 0 aliphatic carbocycles. The number of benzene rings is 1. The number of piperidine rings is 1. The van der Waals surface area contributed by atoms with Crippen molar-refractivity contribution in [1.29, 1.82) is 0 Å². The maximum Gasteiger partial charge on any atom is 0.119 e. The summed E-state index contributed by atoms with van der Waals surface area (Å²) in [6.07, 6.45) is 1.04. The predicted octanol–water partition coefficient (Wildman–Crippen LogP) is 1.38. The van der Waals surface area contributed by atoms with Crippen LogP contribution in [-0.4, -0.2) is 31.9 Å². The summed E-state index contributed by atoms with van der Waals surface area (Å²) in [5, 5.41) is 12.8. The summed E-state index contributed by atoms with van der Waals surface area (Å²) < 4.78 is 5.23. The van der Waals surface area contributed by atoms with Crippen molar-refractivity contribution in [1.82, 2.24) is 5.32 Å². The van der Waals surface area contributed by atoms with Crippen LogP contribution in [0.3, 0.4) is 0 Å². The first-order chi connectivity index (χ1) is 7.85. The summed E-state index contributed by atoms with van der Waals surface area (Å²) in [6, 6.07) is 8.15. The Kier molecular flexibility index (Phi) is 3.80. The van der Waals surface area contributed by atoms with Crippen LogP contribution in [0.2, 0.25) is 0 Å². The molecule has 3 heteroatoms. The summed E-state index contributed by atoms with van der Waals surface area (Å²) in [5.74, 6) is 1.65. The van der Waals surface area contributed by atoms with Crippen molar-refractivity contribution in [3.8, 4) is 5.75 Å². The van der Waals surface area contributed by atoms with E-state index in [9.17, 15) is 5.11 Å². The Morgan fingerprint density at radius 3 is 3.12 bits per heavy atom. The minimum Gasteiger partial charge on any atom is -0.497 e. The highest BCUT2D eigenvalue weighted by atomic mass is 16.5. The first kappa shape index (κ1) is 11.4. The molecule has 3 nitrogen and oxygen atoms in total. The molecule has 0 spiro atoms. The second-order valence-corrected chi connectivity index (χ2v) is 4.32. The van der Waals surface area contributed by atoms with Crippen molar-refractivity contribution < 1.29 is 9.84 Å². The fourth-order valence-electron chi connectivity index (χ4n) is 2.39. The molecule has 0 amide bonds. The van der Waals surface area contributed by atoms with Crippen molar-refractivity contribution >= 4 is 0 Å². The molecule has 2 rings (SSSR count). The average molecular weight is 221 g/mol. The third kappa shape index (κ3) is 2.36. The molecule has 0 bridgehead atoms. The number of aliphatic hydroxyl groups is 1. The van der Waals surface area contributed by atoms with Gasteiger partial charge in [-0.3, -0.25) is 0 Å². The average Bonchev–Trinajstić information content (AvgIpc) is 2.38. The van der Waals surface area contributed by atoms with Gasteiger partial charge in [0.15, 0.2) is 0 Å². The third-order valence-electron chi connectivity index (χ3n) is 3.38. The Morgan fingerprint density at radius 2 is 2.38 bits per heavy atom. The van der Waals surface area contributed by atoms with E-state index in [1.54, 1.807) is 7.11 Å². The van der Waals surface area contributed by atoms with Crippen molar-refractivity contribution in [2.45, 2.75) is 12.3 Å². The number of aliphatic hydroxyl groups excluding tert-OH is 1. The molecule has 0 radical (unpaired) electrons. The molecule has 1 heterocycles. The van der Waals surface area contributed by atoms with E-state index >= 15 is 0 Å². The molecular weight excluding hydrogens is 202 g/mol. The Labute approximate surface area is 96.4 Å². The third-order valence-corrected chi connectivity index (χ3v) is 3.38. The highest BCUT2D eigenvalue weighted by Gasteiger charge is 2.25. The normalized spacial score (nSPS) is 25.4. The van der Waals surface area contributed by atoms with Gasteiger partial charge in [-0.25, -0.2) is 0 Å². The monoisotopic (exact) mass is 221 g/mol. The molecule has 88 valence electrons. The highest BCUT2D eigenvalue weighted by Crippen LogP contribution is 2.30. The molecule has 1 aliphatic heterocycles. The van der Waals surface area contributed by atoms with Gasteiger partial charge in [0.25, 0.3) is 0 Å². The van der Waals surface area contributed by atoms with Gasteiger partial charge in [0, 0.05) is 19.1 Å². The van der Waals surface area contributed by atoms with Crippen LogP contribution < -0.4 is 10.1 Å². The minimum absolute atomic E-state index is 0.267. The lowest BCUT2D eigenvalue weighted by Gasteiger charge is -2.31. The number of methoxy groups -OCH3 is 1. The van der Waals surface area contributed by atoms with Crippen molar-refractivity contribution in [2.75, 3.05) is 26.8 Å². The number of nitrogens with one attached hydrogen (secondary N) is 1. The molecule has 1 aromatic rings. The van der Waals surface area contributed by atoms with E-state index in [-0.39, 0.29) is 6.61 Å². The predicted molar refractivity (Wildman–Crippen MR) is 63.8 cm³/mol. The van der Waals surface area contributed by atoms with Gasteiger partial charge in [-0.1, -0.05) is 12.1 Å². The van der Waals surface area contributed by atoms with Crippen molar-refractivity contribution in [2.24, 2.45) is 5.92 Å². The molecule has 1 aliphatic rings. The topological polar surface area (TPSA) is 41.5 Å². The van der Waals surface area contributed by atoms with Gasteiger partial charge in [-0.2, -0.15) is 0 Å². The van der Waals surface area contributed by atoms with Crippen molar-refractivity contribution in [3.63, 3.8) is 0 Å². The lowest BCUT2D eigenvalue weighted by Crippen LogP contribution is -2.36. The number of hydrogen-bond donors (Lipinski definition) is 2. The second-order valence-electron chi connectivity index (χ2n) is 4.32. The van der Waals surface area contributed by atoms with Crippen LogP contribution in [0.4, 0.5) is 0 Å². The zero-order chi connectivity index (χ0) is 11.4. The molecule has 1 aromatic carbocycles. The largest absolute Gasteiger partial charge is 0.497 e. The Balaban J connectivity index is 2.20. The number of ether oxygens (including phenoxy) is 1. The Morgan fingerprint density at radius 1 is 1.50 bits per heavy atom. The molecule has 1 saturated heterocycles. The summed E-state index contributed by atoms with van der Waals surface area (Å²) in [7, 11) is 1.68. The van der Waals surface area contributed by atoms with Gasteiger partial charge in [0.1, 0.15) is 5.75 Å². The molecular formula is C13H19NO2. The molecule has 0 aromatic heterocycles. The molecule has 16 heavy (non-hydrogen) atoms. The minimum atomic E-state index is 0.267. The van der Waals surface area contributed by atoms with Crippen LogP contribution in [0, 0.1) is 5.92 Å². The van der Waals surface area contributed by atoms with E-state index in [2.05, 4.69) is 17.4 Å². The van der Waals surface area contributed by atoms with Crippen molar-refractivity contribution in [3.05, 3.63) is 29.8 Å². The maximum absolute atomic E-state index is 9.39. The first-order valence-electron chi connectivity index (χ1n) is 5.80. The zero-order valence-electron chi connectivity index (χ0n) is 9.65. The fraction of sp³-hybridized carbons (Fsp3) is 0.538. The smallest absolute Gasteiger partial charge is 0.119 e. The highest BCUT2D eigenvalue weighted by molar-refractivity contribution is 5.31. The Hall–Kier alpha value is -1.06. The van der Waals surface area contributed by atoms with Gasteiger partial charge in [-0.05, 0) is 36.6 Å². The van der Waals surface area contributed by atoms with Gasteiger partial charge < -0.3 is 15.2 Å². The summed E-state index contributed by atoms with van der Waals surface area (Å²) in [4.78, 5) is 0. The van der Waals surface area contributed by atoms with E-state index < -0.39 is 0 Å². The maximum atomic E-state index is 9.39. The van der Waals surface area contributed by atoms with Gasteiger partial charge >= 0.3 is 0 Å². The zero-order valence-corrected chi connectivity index (χ0v) is 9.65. The first-order valence-corrected chi connectivity index (χ1v) is 5.80. The van der Waals surface area contributed by atoms with Crippen LogP contribution >= 0.6 is 0 Å². The molecule has 1 fully saturated rings. The second kappa shape index (κ2) is 5.32. The van der Waals surface area contributed by atoms with Crippen LogP contribution in [0.5, 0.6) is 5.75 Å². The standard InChI is InChI=1S/C13H19NO2/c1-16-12-4-2-3-10(7-12)13-8-14-6-5-11(13)9-15/h2-4,7,11,13-15H,5-6,8-9H2,1H3. The lowest BCUT2D eigenvalue weighted by atomic mass is 9.82. The molecule has 2 N–H and O–H groups in total. The van der Waals surface area contributed by atoms with E-state index in [0.29, 0.717) is 11.8 Å². The summed E-state index contributed by atoms with van der Waals surface area (Å²) in [6.45, 7) is 2.22. The van der Waals surface area contributed by atoms with Crippen LogP contribution in [-0.2, 0) is 0 Å². The number of rotatable bonds is 3. The SMILES string of the molecule is COc1cccc(C2CNCCC2CO)c1. The lowest BCUT2D eigenvalue weighted by molar-refractivity contribution is 0.176. The van der Waals surface area contributed by atoms with Gasteiger partial charge in [0.2, 0.25) is 0 Å². The van der Waals surface area contributed by atoms with Crippen LogP contribution in [0.25, 0.3) is 0 Å². The van der Waals surface area contributed by atoms with E-state index in [1.807, 2.05) is 12.1 Å². The van der Waals surface area contributed by atoms with Gasteiger partial charge in [0.05, 0.1) is 7.11 Å². The summed E-state index contributed by atoms with van der Waals surface area (Å²) in [5.41, 5.74) is 1.26. The molecule has 2 atom stereocenters. The number of hydrogen-bond acceptors (Lipinski definition) is 3. The fourth-order valence-corrected chi connectivity index (χ4v) is 2.39. The molecule has 0 saturated carbocycles. The Bertz CT molecular complexity index is 340. The van der Waals surface area contributed by atoms with Gasteiger partial charge in [-0.15, -0.1) is 0 Å². The van der Waals surface area contributed by atoms with Crippen LogP contribution in [0.1, 0.15) is 17.9 Å². The van der Waals surface area contributed by atoms with Crippen LogP contribution in [0.15, 0.2) is 24.3 Å². The van der Waals surface area contributed by atoms with E-state index in [1.165, 1.54) is 5.56 Å². The molecule has 2 unspecified atom stereocenters. The van der Waals surface area contributed by atoms with E-state index in [0.717, 1.165) is 25.3 Å². The summed E-state index contributed by atoms with van der Waals surface area (Å²) >= 11 is 0. The van der Waals surface area contributed by atoms with E-state index in [4.69, 9.17) is 4.74 Å². The quantitative estimate of drug-likeness (QED) is 0.810.